The summed E-state index contributed by atoms with van der Waals surface area (Å²) < 4.78 is 39.4. The molecule has 0 aliphatic heterocycles. The SMILES string of the molecule is CC(C)(Nc1cc(Br)ccc1C(F)(F)F)C1CC1. The van der Waals surface area contributed by atoms with Gasteiger partial charge in [0.25, 0.3) is 0 Å². The number of anilines is 1. The third-order valence-corrected chi connectivity index (χ3v) is 3.84. The summed E-state index contributed by atoms with van der Waals surface area (Å²) >= 11 is 3.22. The minimum Gasteiger partial charge on any atom is -0.379 e. The summed E-state index contributed by atoms with van der Waals surface area (Å²) in [5, 5.41) is 3.05. The average Bonchev–Trinajstić information content (AvgIpc) is 2.97. The van der Waals surface area contributed by atoms with Gasteiger partial charge in [0.15, 0.2) is 0 Å². The molecule has 0 atom stereocenters. The van der Waals surface area contributed by atoms with E-state index in [0.717, 1.165) is 18.9 Å². The fourth-order valence-corrected chi connectivity index (χ4v) is 2.48. The zero-order valence-electron chi connectivity index (χ0n) is 10.2. The first-order valence-electron chi connectivity index (χ1n) is 5.85. The topological polar surface area (TPSA) is 12.0 Å². The Morgan fingerprint density at radius 3 is 2.33 bits per heavy atom. The van der Waals surface area contributed by atoms with Crippen molar-refractivity contribution >= 4 is 21.6 Å². The minimum absolute atomic E-state index is 0.147. The number of halogens is 4. The average molecular weight is 322 g/mol. The molecule has 1 aromatic rings. The van der Waals surface area contributed by atoms with Gasteiger partial charge in [0.1, 0.15) is 0 Å². The second-order valence-electron chi connectivity index (χ2n) is 5.31. The van der Waals surface area contributed by atoms with Gasteiger partial charge >= 0.3 is 6.18 Å². The molecule has 1 nitrogen and oxygen atoms in total. The van der Waals surface area contributed by atoms with Crippen LogP contribution in [0, 0.1) is 5.92 Å². The lowest BCUT2D eigenvalue weighted by Crippen LogP contribution is -2.34. The van der Waals surface area contributed by atoms with E-state index in [0.29, 0.717) is 10.4 Å². The van der Waals surface area contributed by atoms with Gasteiger partial charge in [0.2, 0.25) is 0 Å². The highest BCUT2D eigenvalue weighted by Gasteiger charge is 2.40. The molecule has 0 saturated heterocycles. The zero-order chi connectivity index (χ0) is 13.6. The van der Waals surface area contributed by atoms with Crippen molar-refractivity contribution in [2.45, 2.75) is 38.4 Å². The minimum atomic E-state index is -4.33. The summed E-state index contributed by atoms with van der Waals surface area (Å²) in [6, 6.07) is 4.01. The molecule has 0 bridgehead atoms. The molecule has 2 rings (SSSR count). The lowest BCUT2D eigenvalue weighted by atomic mass is 9.97. The molecule has 0 amide bonds. The molecule has 0 unspecified atom stereocenters. The second-order valence-corrected chi connectivity index (χ2v) is 6.22. The van der Waals surface area contributed by atoms with Crippen molar-refractivity contribution in [3.8, 4) is 0 Å². The highest BCUT2D eigenvalue weighted by Crippen LogP contribution is 2.43. The van der Waals surface area contributed by atoms with Crippen molar-refractivity contribution < 1.29 is 13.2 Å². The predicted molar refractivity (Wildman–Crippen MR) is 69.6 cm³/mol. The van der Waals surface area contributed by atoms with Gasteiger partial charge in [-0.15, -0.1) is 0 Å². The third-order valence-electron chi connectivity index (χ3n) is 3.34. The Labute approximate surface area is 113 Å². The van der Waals surface area contributed by atoms with Gasteiger partial charge in [-0.05, 0) is 50.8 Å². The van der Waals surface area contributed by atoms with E-state index >= 15 is 0 Å². The van der Waals surface area contributed by atoms with Gasteiger partial charge < -0.3 is 5.32 Å². The number of hydrogen-bond donors (Lipinski definition) is 1. The van der Waals surface area contributed by atoms with Crippen LogP contribution >= 0.6 is 15.9 Å². The summed E-state index contributed by atoms with van der Waals surface area (Å²) in [5.74, 6) is 0.456. The smallest absolute Gasteiger partial charge is 0.379 e. The number of benzene rings is 1. The van der Waals surface area contributed by atoms with Gasteiger partial charge in [0.05, 0.1) is 5.56 Å². The normalized spacial score (nSPS) is 16.8. The van der Waals surface area contributed by atoms with Crippen molar-refractivity contribution in [1.29, 1.82) is 0 Å². The summed E-state index contributed by atoms with van der Waals surface area (Å²) in [4.78, 5) is 0. The van der Waals surface area contributed by atoms with Crippen LogP contribution in [0.25, 0.3) is 0 Å². The molecule has 1 saturated carbocycles. The molecule has 0 spiro atoms. The first-order chi connectivity index (χ1) is 8.20. The van der Waals surface area contributed by atoms with Gasteiger partial charge in [-0.1, -0.05) is 15.9 Å². The molecule has 18 heavy (non-hydrogen) atoms. The molecule has 5 heteroatoms. The Morgan fingerprint density at radius 1 is 1.22 bits per heavy atom. The molecule has 0 aromatic heterocycles. The molecule has 1 aromatic carbocycles. The zero-order valence-corrected chi connectivity index (χ0v) is 11.8. The van der Waals surface area contributed by atoms with E-state index < -0.39 is 11.7 Å². The monoisotopic (exact) mass is 321 g/mol. The maximum atomic E-state index is 12.9. The van der Waals surface area contributed by atoms with Crippen molar-refractivity contribution in [1.82, 2.24) is 0 Å². The number of rotatable bonds is 3. The van der Waals surface area contributed by atoms with Crippen LogP contribution in [0.3, 0.4) is 0 Å². The van der Waals surface area contributed by atoms with Crippen LogP contribution in [0.5, 0.6) is 0 Å². The predicted octanol–water partition coefficient (Wildman–Crippen LogP) is 5.07. The van der Waals surface area contributed by atoms with E-state index in [1.165, 1.54) is 12.1 Å². The van der Waals surface area contributed by atoms with Crippen LogP contribution in [0.2, 0.25) is 0 Å². The van der Waals surface area contributed by atoms with Gasteiger partial charge in [-0.3, -0.25) is 0 Å². The maximum Gasteiger partial charge on any atom is 0.418 e. The summed E-state index contributed by atoms with van der Waals surface area (Å²) in [7, 11) is 0. The number of alkyl halides is 3. The van der Waals surface area contributed by atoms with Gasteiger partial charge in [0, 0.05) is 15.7 Å². The van der Waals surface area contributed by atoms with E-state index in [1.54, 1.807) is 0 Å². The molecule has 1 aliphatic rings. The van der Waals surface area contributed by atoms with Gasteiger partial charge in [-0.25, -0.2) is 0 Å². The quantitative estimate of drug-likeness (QED) is 0.819. The van der Waals surface area contributed by atoms with Crippen molar-refractivity contribution in [3.05, 3.63) is 28.2 Å². The maximum absolute atomic E-state index is 12.9. The Kier molecular flexibility index (Phi) is 3.38. The fourth-order valence-electron chi connectivity index (χ4n) is 2.12. The lowest BCUT2D eigenvalue weighted by molar-refractivity contribution is -0.137. The number of hydrogen-bond acceptors (Lipinski definition) is 1. The Bertz CT molecular complexity index is 450. The highest BCUT2D eigenvalue weighted by molar-refractivity contribution is 9.10. The van der Waals surface area contributed by atoms with Crippen LogP contribution in [-0.2, 0) is 6.18 Å². The molecule has 1 aliphatic carbocycles. The Morgan fingerprint density at radius 2 is 1.83 bits per heavy atom. The molecular weight excluding hydrogens is 307 g/mol. The van der Waals surface area contributed by atoms with Crippen molar-refractivity contribution in [2.75, 3.05) is 5.32 Å². The van der Waals surface area contributed by atoms with Crippen LogP contribution in [0.4, 0.5) is 18.9 Å². The second kappa shape index (κ2) is 4.44. The lowest BCUT2D eigenvalue weighted by Gasteiger charge is -2.29. The highest BCUT2D eigenvalue weighted by atomic mass is 79.9. The Balaban J connectivity index is 2.33. The van der Waals surface area contributed by atoms with Gasteiger partial charge in [-0.2, -0.15) is 13.2 Å². The van der Waals surface area contributed by atoms with E-state index in [-0.39, 0.29) is 11.2 Å². The summed E-state index contributed by atoms with van der Waals surface area (Å²) in [6.45, 7) is 3.90. The standard InChI is InChI=1S/C13H15BrF3N/c1-12(2,8-3-4-8)18-11-7-9(14)5-6-10(11)13(15,16)17/h5-8,18H,3-4H2,1-2H3. The van der Waals surface area contributed by atoms with Crippen LogP contribution in [0.15, 0.2) is 22.7 Å². The molecule has 1 fully saturated rings. The molecule has 1 N–H and O–H groups in total. The third kappa shape index (κ3) is 2.99. The summed E-state index contributed by atoms with van der Waals surface area (Å²) in [6.07, 6.45) is -2.17. The first-order valence-corrected chi connectivity index (χ1v) is 6.64. The fraction of sp³-hybridized carbons (Fsp3) is 0.538. The van der Waals surface area contributed by atoms with Crippen molar-refractivity contribution in [2.24, 2.45) is 5.92 Å². The van der Waals surface area contributed by atoms with E-state index in [2.05, 4.69) is 21.2 Å². The largest absolute Gasteiger partial charge is 0.418 e. The number of nitrogens with one attached hydrogen (secondary N) is 1. The molecule has 0 heterocycles. The van der Waals surface area contributed by atoms with E-state index in [1.807, 2.05) is 13.8 Å². The van der Waals surface area contributed by atoms with Crippen LogP contribution in [0.1, 0.15) is 32.3 Å². The molecular formula is C13H15BrF3N. The van der Waals surface area contributed by atoms with E-state index in [4.69, 9.17) is 0 Å². The molecule has 100 valence electrons. The summed E-state index contributed by atoms with van der Waals surface area (Å²) in [5.41, 5.74) is -0.769. The van der Waals surface area contributed by atoms with E-state index in [9.17, 15) is 13.2 Å². The first kappa shape index (κ1) is 13.7. The van der Waals surface area contributed by atoms with Crippen molar-refractivity contribution in [3.63, 3.8) is 0 Å². The van der Waals surface area contributed by atoms with Crippen LogP contribution < -0.4 is 5.32 Å². The molecule has 0 radical (unpaired) electrons. The van der Waals surface area contributed by atoms with Crippen LogP contribution in [-0.4, -0.2) is 5.54 Å². The Hall–Kier alpha value is -0.710.